The summed E-state index contributed by atoms with van der Waals surface area (Å²) in [6.45, 7) is 1.14. The van der Waals surface area contributed by atoms with Crippen LogP contribution < -0.4 is 0 Å². The lowest BCUT2D eigenvalue weighted by Gasteiger charge is -2.21. The van der Waals surface area contributed by atoms with Crippen molar-refractivity contribution in [3.05, 3.63) is 29.8 Å². The van der Waals surface area contributed by atoms with Crippen molar-refractivity contribution in [1.29, 1.82) is 0 Å². The molecular weight excluding hydrogens is 342 g/mol. The third kappa shape index (κ3) is 4.04. The van der Waals surface area contributed by atoms with Gasteiger partial charge in [-0.2, -0.15) is 4.31 Å². The highest BCUT2D eigenvalue weighted by atomic mass is 32.2. The van der Waals surface area contributed by atoms with Crippen LogP contribution in [0.3, 0.4) is 0 Å². The largest absolute Gasteiger partial charge is 0.467 e. The molecule has 7 heteroatoms. The second-order valence-electron chi connectivity index (χ2n) is 6.63. The summed E-state index contributed by atoms with van der Waals surface area (Å²) in [6.07, 6.45) is 5.13. The first-order valence-electron chi connectivity index (χ1n) is 8.86. The molecule has 1 aliphatic heterocycles. The summed E-state index contributed by atoms with van der Waals surface area (Å²) in [6, 6.07) is 6.41. The summed E-state index contributed by atoms with van der Waals surface area (Å²) in [5, 5.41) is 0. The first-order valence-corrected chi connectivity index (χ1v) is 10.3. The van der Waals surface area contributed by atoms with Gasteiger partial charge < -0.3 is 9.47 Å². The molecule has 25 heavy (non-hydrogen) atoms. The molecule has 2 aliphatic rings. The van der Waals surface area contributed by atoms with E-state index in [4.69, 9.17) is 9.47 Å². The van der Waals surface area contributed by atoms with Gasteiger partial charge in [0, 0.05) is 13.1 Å². The van der Waals surface area contributed by atoms with Crippen molar-refractivity contribution in [3.63, 3.8) is 0 Å². The molecule has 0 bridgehead atoms. The Morgan fingerprint density at radius 1 is 1.08 bits per heavy atom. The van der Waals surface area contributed by atoms with Crippen LogP contribution in [0.5, 0.6) is 0 Å². The summed E-state index contributed by atoms with van der Waals surface area (Å²) in [5.41, 5.74) is 0.624. The van der Waals surface area contributed by atoms with E-state index >= 15 is 0 Å². The van der Waals surface area contributed by atoms with Gasteiger partial charge in [0.1, 0.15) is 0 Å². The Hall–Kier alpha value is -1.44. The summed E-state index contributed by atoms with van der Waals surface area (Å²) in [7, 11) is -2.12. The zero-order chi connectivity index (χ0) is 17.9. The van der Waals surface area contributed by atoms with E-state index in [9.17, 15) is 13.2 Å². The molecule has 6 nitrogen and oxygen atoms in total. The van der Waals surface area contributed by atoms with Gasteiger partial charge in [0.15, 0.2) is 6.10 Å². The SMILES string of the molecule is COC(=O)C(OC1CCCC1)c1ccc(S(=O)(=O)N2CCCC2)cc1. The summed E-state index contributed by atoms with van der Waals surface area (Å²) in [4.78, 5) is 12.4. The van der Waals surface area contributed by atoms with Crippen LogP contribution in [0.2, 0.25) is 0 Å². The Kier molecular flexibility index (Phi) is 5.76. The quantitative estimate of drug-likeness (QED) is 0.723. The fourth-order valence-electron chi connectivity index (χ4n) is 3.49. The smallest absolute Gasteiger partial charge is 0.339 e. The third-order valence-electron chi connectivity index (χ3n) is 4.93. The number of carbonyl (C=O) groups is 1. The molecule has 0 N–H and O–H groups in total. The number of methoxy groups -OCH3 is 1. The number of hydrogen-bond acceptors (Lipinski definition) is 5. The summed E-state index contributed by atoms with van der Waals surface area (Å²) < 4.78 is 37.5. The number of benzene rings is 1. The van der Waals surface area contributed by atoms with E-state index in [1.807, 2.05) is 0 Å². The van der Waals surface area contributed by atoms with Crippen LogP contribution >= 0.6 is 0 Å². The van der Waals surface area contributed by atoms with Crippen molar-refractivity contribution < 1.29 is 22.7 Å². The minimum atomic E-state index is -3.45. The van der Waals surface area contributed by atoms with Gasteiger partial charge in [0.05, 0.1) is 18.1 Å². The lowest BCUT2D eigenvalue weighted by atomic mass is 10.1. The molecule has 0 radical (unpaired) electrons. The first-order chi connectivity index (χ1) is 12.0. The molecule has 1 atom stereocenters. The van der Waals surface area contributed by atoms with E-state index in [2.05, 4.69) is 0 Å². The Morgan fingerprint density at radius 3 is 2.24 bits per heavy atom. The average Bonchev–Trinajstić information content (AvgIpc) is 3.33. The maximum Gasteiger partial charge on any atom is 0.339 e. The maximum absolute atomic E-state index is 12.6. The number of hydrogen-bond donors (Lipinski definition) is 0. The molecule has 1 aromatic carbocycles. The van der Waals surface area contributed by atoms with Crippen molar-refractivity contribution in [2.24, 2.45) is 0 Å². The zero-order valence-corrected chi connectivity index (χ0v) is 15.3. The predicted molar refractivity (Wildman–Crippen MR) is 92.5 cm³/mol. The van der Waals surface area contributed by atoms with Gasteiger partial charge in [-0.3, -0.25) is 0 Å². The summed E-state index contributed by atoms with van der Waals surface area (Å²) in [5.74, 6) is -0.456. The monoisotopic (exact) mass is 367 g/mol. The zero-order valence-electron chi connectivity index (χ0n) is 14.5. The van der Waals surface area contributed by atoms with E-state index in [0.717, 1.165) is 38.5 Å². The Morgan fingerprint density at radius 2 is 1.68 bits per heavy atom. The highest BCUT2D eigenvalue weighted by molar-refractivity contribution is 7.89. The molecule has 2 fully saturated rings. The molecule has 0 amide bonds. The molecule has 1 aromatic rings. The van der Waals surface area contributed by atoms with Crippen molar-refractivity contribution in [2.75, 3.05) is 20.2 Å². The van der Waals surface area contributed by atoms with Gasteiger partial charge in [0.25, 0.3) is 0 Å². The van der Waals surface area contributed by atoms with E-state index < -0.39 is 22.1 Å². The van der Waals surface area contributed by atoms with Crippen molar-refractivity contribution in [3.8, 4) is 0 Å². The molecule has 3 rings (SSSR count). The van der Waals surface area contributed by atoms with Crippen LogP contribution in [0.15, 0.2) is 29.2 Å². The van der Waals surface area contributed by atoms with Crippen LogP contribution in [-0.2, 0) is 24.3 Å². The number of ether oxygens (including phenoxy) is 2. The van der Waals surface area contributed by atoms with Crippen LogP contribution in [0.4, 0.5) is 0 Å². The molecule has 0 aromatic heterocycles. The van der Waals surface area contributed by atoms with Crippen molar-refractivity contribution >= 4 is 16.0 Å². The Bertz CT molecular complexity index is 689. The Balaban J connectivity index is 1.79. The van der Waals surface area contributed by atoms with Crippen molar-refractivity contribution in [1.82, 2.24) is 4.31 Å². The highest BCUT2D eigenvalue weighted by Gasteiger charge is 2.30. The Labute approximate surface area is 149 Å². The highest BCUT2D eigenvalue weighted by Crippen LogP contribution is 2.30. The maximum atomic E-state index is 12.6. The standard InChI is InChI=1S/C18H25NO5S/c1-23-18(20)17(24-15-6-2-3-7-15)14-8-10-16(11-9-14)25(21,22)19-12-4-5-13-19/h8-11,15,17H,2-7,12-13H2,1H3. The van der Waals surface area contributed by atoms with E-state index in [0.29, 0.717) is 18.7 Å². The van der Waals surface area contributed by atoms with Gasteiger partial charge in [-0.15, -0.1) is 0 Å². The third-order valence-corrected chi connectivity index (χ3v) is 6.84. The van der Waals surface area contributed by atoms with Gasteiger partial charge in [-0.05, 0) is 43.4 Å². The predicted octanol–water partition coefficient (Wildman–Crippen LogP) is 2.64. The number of esters is 1. The van der Waals surface area contributed by atoms with Gasteiger partial charge in [0.2, 0.25) is 10.0 Å². The van der Waals surface area contributed by atoms with Crippen LogP contribution in [0, 0.1) is 0 Å². The van der Waals surface area contributed by atoms with Crippen LogP contribution in [0.25, 0.3) is 0 Å². The lowest BCUT2D eigenvalue weighted by Crippen LogP contribution is -2.28. The normalized spacial score (nSPS) is 20.7. The molecule has 1 heterocycles. The van der Waals surface area contributed by atoms with E-state index in [1.54, 1.807) is 24.3 Å². The lowest BCUT2D eigenvalue weighted by molar-refractivity contribution is -0.158. The fraction of sp³-hybridized carbons (Fsp3) is 0.611. The second-order valence-corrected chi connectivity index (χ2v) is 8.56. The number of sulfonamides is 1. The molecule has 0 spiro atoms. The topological polar surface area (TPSA) is 72.9 Å². The molecule has 1 aliphatic carbocycles. The summed E-state index contributed by atoms with van der Waals surface area (Å²) >= 11 is 0. The van der Waals surface area contributed by atoms with Crippen molar-refractivity contribution in [2.45, 2.75) is 55.6 Å². The average molecular weight is 367 g/mol. The second kappa shape index (κ2) is 7.85. The van der Waals surface area contributed by atoms with Crippen LogP contribution in [-0.4, -0.2) is 45.0 Å². The van der Waals surface area contributed by atoms with E-state index in [1.165, 1.54) is 11.4 Å². The van der Waals surface area contributed by atoms with Crippen LogP contribution in [0.1, 0.15) is 50.2 Å². The number of carbonyl (C=O) groups excluding carboxylic acids is 1. The molecule has 1 saturated heterocycles. The van der Waals surface area contributed by atoms with E-state index in [-0.39, 0.29) is 11.0 Å². The first kappa shape index (κ1) is 18.4. The molecular formula is C18H25NO5S. The fourth-order valence-corrected chi connectivity index (χ4v) is 5.00. The van der Waals surface area contributed by atoms with Gasteiger partial charge in [-0.25, -0.2) is 13.2 Å². The van der Waals surface area contributed by atoms with Gasteiger partial charge >= 0.3 is 5.97 Å². The minimum absolute atomic E-state index is 0.0529. The molecule has 138 valence electrons. The van der Waals surface area contributed by atoms with Gasteiger partial charge in [-0.1, -0.05) is 25.0 Å². The number of rotatable bonds is 6. The number of nitrogens with zero attached hydrogens (tertiary/aromatic N) is 1. The molecule has 1 unspecified atom stereocenters. The molecule has 1 saturated carbocycles. The minimum Gasteiger partial charge on any atom is -0.467 e.